The van der Waals surface area contributed by atoms with Gasteiger partial charge < -0.3 is 14.6 Å². The van der Waals surface area contributed by atoms with Crippen molar-refractivity contribution in [1.82, 2.24) is 0 Å². The molecule has 0 radical (unpaired) electrons. The monoisotopic (exact) mass is 392 g/mol. The van der Waals surface area contributed by atoms with Crippen molar-refractivity contribution in [2.45, 2.75) is 90.8 Å². The number of hydrogen-bond donors (Lipinski definition) is 1. The third-order valence-electron chi connectivity index (χ3n) is 9.14. The quantitative estimate of drug-likeness (QED) is 0.738. The lowest BCUT2D eigenvalue weighted by Crippen LogP contribution is -2.57. The van der Waals surface area contributed by atoms with Gasteiger partial charge in [0.2, 0.25) is 0 Å². The molecule has 0 unspecified atom stereocenters. The maximum absolute atomic E-state index is 11.7. The van der Waals surface area contributed by atoms with Gasteiger partial charge in [0.25, 0.3) is 0 Å². The first-order valence-electron chi connectivity index (χ1n) is 11.2. The van der Waals surface area contributed by atoms with E-state index in [2.05, 4.69) is 6.92 Å². The molecule has 8 atom stereocenters. The van der Waals surface area contributed by atoms with Crippen LogP contribution in [0, 0.1) is 34.5 Å². The fourth-order valence-electron chi connectivity index (χ4n) is 7.84. The molecule has 1 N–H and O–H groups in total. The fraction of sp³-hybridized carbons (Fsp3) is 0.913. The highest BCUT2D eigenvalue weighted by atomic mass is 16.5. The second-order valence-electron chi connectivity index (χ2n) is 10.3. The molecule has 4 aliphatic rings. The summed E-state index contributed by atoms with van der Waals surface area (Å²) in [6.07, 6.45) is 9.12. The van der Waals surface area contributed by atoms with E-state index >= 15 is 0 Å². The zero-order valence-corrected chi connectivity index (χ0v) is 17.6. The first-order chi connectivity index (χ1) is 13.3. The predicted octanol–water partition coefficient (Wildman–Crippen LogP) is 3.86. The Labute approximate surface area is 168 Å². The smallest absolute Gasteiger partial charge is 0.302 e. The van der Waals surface area contributed by atoms with E-state index in [9.17, 15) is 14.7 Å². The first kappa shape index (κ1) is 20.2. The van der Waals surface area contributed by atoms with Crippen molar-refractivity contribution in [2.75, 3.05) is 6.61 Å². The molecule has 0 amide bonds. The number of fused-ring (bicyclic) bond motifs is 5. The van der Waals surface area contributed by atoms with Gasteiger partial charge in [-0.05, 0) is 86.9 Å². The molecule has 158 valence electrons. The van der Waals surface area contributed by atoms with E-state index < -0.39 is 0 Å². The Kier molecular flexibility index (Phi) is 5.26. The number of esters is 2. The molecule has 28 heavy (non-hydrogen) atoms. The second-order valence-corrected chi connectivity index (χ2v) is 10.3. The Morgan fingerprint density at radius 1 is 0.964 bits per heavy atom. The third-order valence-corrected chi connectivity index (χ3v) is 9.14. The number of hydrogen-bond acceptors (Lipinski definition) is 5. The Morgan fingerprint density at radius 2 is 1.75 bits per heavy atom. The van der Waals surface area contributed by atoms with Crippen molar-refractivity contribution in [2.24, 2.45) is 34.5 Å². The molecule has 5 nitrogen and oxygen atoms in total. The Balaban J connectivity index is 1.60. The maximum atomic E-state index is 11.7. The van der Waals surface area contributed by atoms with Crippen LogP contribution in [0.3, 0.4) is 0 Å². The van der Waals surface area contributed by atoms with Gasteiger partial charge in [0.15, 0.2) is 0 Å². The van der Waals surface area contributed by atoms with E-state index in [0.29, 0.717) is 30.3 Å². The molecule has 0 aromatic carbocycles. The third kappa shape index (κ3) is 3.18. The summed E-state index contributed by atoms with van der Waals surface area (Å²) in [6, 6.07) is 0. The Bertz CT molecular complexity index is 632. The second kappa shape index (κ2) is 7.30. The van der Waals surface area contributed by atoms with Crippen molar-refractivity contribution >= 4 is 11.9 Å². The summed E-state index contributed by atoms with van der Waals surface area (Å²) in [6.45, 7) is 5.80. The molecule has 4 rings (SSSR count). The Morgan fingerprint density at radius 3 is 2.46 bits per heavy atom. The molecule has 0 spiro atoms. The van der Waals surface area contributed by atoms with Gasteiger partial charge in [-0.15, -0.1) is 0 Å². The molecule has 4 saturated carbocycles. The van der Waals surface area contributed by atoms with E-state index in [1.165, 1.54) is 20.3 Å². The van der Waals surface area contributed by atoms with Gasteiger partial charge in [0, 0.05) is 19.3 Å². The van der Waals surface area contributed by atoms with Gasteiger partial charge in [-0.2, -0.15) is 0 Å². The lowest BCUT2D eigenvalue weighted by atomic mass is 9.44. The summed E-state index contributed by atoms with van der Waals surface area (Å²) >= 11 is 0. The van der Waals surface area contributed by atoms with Gasteiger partial charge in [-0.3, -0.25) is 9.59 Å². The van der Waals surface area contributed by atoms with Crippen LogP contribution in [-0.4, -0.2) is 35.9 Å². The van der Waals surface area contributed by atoms with Crippen LogP contribution in [-0.2, 0) is 19.1 Å². The average Bonchev–Trinajstić information content (AvgIpc) is 2.94. The summed E-state index contributed by atoms with van der Waals surface area (Å²) in [7, 11) is 0. The molecule has 0 bridgehead atoms. The van der Waals surface area contributed by atoms with E-state index in [4.69, 9.17) is 9.47 Å². The van der Waals surface area contributed by atoms with Crippen LogP contribution in [0.15, 0.2) is 0 Å². The number of aliphatic hydroxyl groups is 1. The normalized spacial score (nSPS) is 47.4. The summed E-state index contributed by atoms with van der Waals surface area (Å²) in [5.41, 5.74) is 0.0751. The molecular weight excluding hydrogens is 356 g/mol. The molecule has 0 aliphatic heterocycles. The van der Waals surface area contributed by atoms with Gasteiger partial charge in [0.1, 0.15) is 6.10 Å². The summed E-state index contributed by atoms with van der Waals surface area (Å²) in [5, 5.41) is 10.6. The standard InChI is InChI=1S/C23H36O5/c1-14(24)27-13-23-11-8-17(28-15(2)25)12-16(23)4-5-18-19-6-7-21(26)22(19,3)10-9-20(18)23/h16-21,26H,4-13H2,1-3H3/t16-,17-,18-,19-,20-,21-,22-,23+/m0/s1. The fourth-order valence-corrected chi connectivity index (χ4v) is 7.84. The Hall–Kier alpha value is -1.10. The number of carbonyl (C=O) groups excluding carboxylic acids is 2. The minimum Gasteiger partial charge on any atom is -0.465 e. The van der Waals surface area contributed by atoms with Crippen molar-refractivity contribution in [1.29, 1.82) is 0 Å². The lowest BCUT2D eigenvalue weighted by molar-refractivity contribution is -0.182. The zero-order chi connectivity index (χ0) is 20.1. The number of rotatable bonds is 3. The molecule has 0 saturated heterocycles. The van der Waals surface area contributed by atoms with Gasteiger partial charge >= 0.3 is 11.9 Å². The molecular formula is C23H36O5. The minimum atomic E-state index is -0.200. The van der Waals surface area contributed by atoms with Crippen molar-refractivity contribution in [3.63, 3.8) is 0 Å². The highest BCUT2D eigenvalue weighted by Crippen LogP contribution is 2.66. The van der Waals surface area contributed by atoms with Crippen LogP contribution in [0.4, 0.5) is 0 Å². The van der Waals surface area contributed by atoms with Crippen LogP contribution >= 0.6 is 0 Å². The molecule has 4 fully saturated rings. The van der Waals surface area contributed by atoms with Gasteiger partial charge in [-0.1, -0.05) is 6.92 Å². The van der Waals surface area contributed by atoms with Gasteiger partial charge in [0.05, 0.1) is 12.7 Å². The van der Waals surface area contributed by atoms with E-state index in [1.807, 2.05) is 0 Å². The zero-order valence-electron chi connectivity index (χ0n) is 17.6. The van der Waals surface area contributed by atoms with Crippen LogP contribution in [0.1, 0.15) is 78.6 Å². The molecule has 0 heterocycles. The van der Waals surface area contributed by atoms with E-state index in [1.54, 1.807) is 0 Å². The number of carbonyl (C=O) groups is 2. The largest absolute Gasteiger partial charge is 0.465 e. The summed E-state index contributed by atoms with van der Waals surface area (Å²) < 4.78 is 11.2. The first-order valence-corrected chi connectivity index (χ1v) is 11.2. The van der Waals surface area contributed by atoms with Crippen LogP contribution < -0.4 is 0 Å². The SMILES string of the molecule is CC(=O)OC[C@]12CC[C@H](OC(C)=O)C[C@@H]1CC[C@H]1[C@@H]3CC[C@H](O)[C@@]3(C)CC[C@@H]12. The summed E-state index contributed by atoms with van der Waals surface area (Å²) in [5.74, 6) is 1.80. The maximum Gasteiger partial charge on any atom is 0.302 e. The van der Waals surface area contributed by atoms with Crippen LogP contribution in [0.25, 0.3) is 0 Å². The summed E-state index contributed by atoms with van der Waals surface area (Å²) in [4.78, 5) is 23.2. The van der Waals surface area contributed by atoms with E-state index in [-0.39, 0.29) is 35.0 Å². The number of aliphatic hydroxyl groups excluding tert-OH is 1. The van der Waals surface area contributed by atoms with E-state index in [0.717, 1.165) is 51.4 Å². The van der Waals surface area contributed by atoms with Crippen LogP contribution in [0.2, 0.25) is 0 Å². The van der Waals surface area contributed by atoms with Crippen LogP contribution in [0.5, 0.6) is 0 Å². The lowest BCUT2D eigenvalue weighted by Gasteiger charge is -2.61. The molecule has 0 aromatic rings. The highest BCUT2D eigenvalue weighted by molar-refractivity contribution is 5.66. The molecule has 0 aromatic heterocycles. The van der Waals surface area contributed by atoms with Crippen molar-refractivity contribution < 1.29 is 24.2 Å². The predicted molar refractivity (Wildman–Crippen MR) is 104 cm³/mol. The van der Waals surface area contributed by atoms with Crippen molar-refractivity contribution in [3.8, 4) is 0 Å². The van der Waals surface area contributed by atoms with Crippen molar-refractivity contribution in [3.05, 3.63) is 0 Å². The number of ether oxygens (including phenoxy) is 2. The topological polar surface area (TPSA) is 72.8 Å². The minimum absolute atomic E-state index is 0.00617. The average molecular weight is 393 g/mol. The molecule has 4 aliphatic carbocycles. The highest BCUT2D eigenvalue weighted by Gasteiger charge is 2.62. The van der Waals surface area contributed by atoms with Gasteiger partial charge in [-0.25, -0.2) is 0 Å². The molecule has 5 heteroatoms.